The maximum Gasteiger partial charge on any atom is 0.300 e. The van der Waals surface area contributed by atoms with Gasteiger partial charge in [0.25, 0.3) is 10.2 Å². The van der Waals surface area contributed by atoms with E-state index in [4.69, 9.17) is 5.26 Å². The predicted octanol–water partition coefficient (Wildman–Crippen LogP) is -0.0623. The zero-order valence-corrected chi connectivity index (χ0v) is 8.93. The molecular formula is C7H11N5O2S. The van der Waals surface area contributed by atoms with E-state index in [0.29, 0.717) is 13.0 Å². The molecule has 0 fully saturated rings. The van der Waals surface area contributed by atoms with Crippen LogP contribution in [0.4, 0.5) is 5.82 Å². The highest BCUT2D eigenvalue weighted by Gasteiger charge is 2.12. The van der Waals surface area contributed by atoms with Gasteiger partial charge in [-0.15, -0.1) is 0 Å². The first-order valence-electron chi connectivity index (χ1n) is 4.30. The molecule has 82 valence electrons. The van der Waals surface area contributed by atoms with Gasteiger partial charge in [-0.2, -0.15) is 23.5 Å². The largest absolute Gasteiger partial charge is 0.300 e. The number of nitriles is 1. The zero-order chi connectivity index (χ0) is 11.3. The van der Waals surface area contributed by atoms with Crippen molar-refractivity contribution >= 4 is 16.0 Å². The van der Waals surface area contributed by atoms with Crippen molar-refractivity contribution in [2.75, 3.05) is 11.3 Å². The third-order valence-electron chi connectivity index (χ3n) is 1.54. The first kappa shape index (κ1) is 11.5. The normalized spacial score (nSPS) is 10.9. The molecule has 1 aromatic heterocycles. The van der Waals surface area contributed by atoms with Gasteiger partial charge in [0.1, 0.15) is 11.6 Å². The van der Waals surface area contributed by atoms with Gasteiger partial charge in [0.2, 0.25) is 0 Å². The SMILES string of the molecule is CCCNS(=O)(=O)Nc1[nH]ncc1C#N. The molecule has 8 heteroatoms. The quantitative estimate of drug-likeness (QED) is 0.656. The van der Waals surface area contributed by atoms with Crippen molar-refractivity contribution in [3.63, 3.8) is 0 Å². The standard InChI is InChI=1S/C7H11N5O2S/c1-2-3-10-15(13,14)12-7-6(4-8)5-9-11-7/h5,10H,2-3H2,1H3,(H2,9,11,12). The van der Waals surface area contributed by atoms with E-state index in [1.54, 1.807) is 6.07 Å². The molecule has 0 bridgehead atoms. The second kappa shape index (κ2) is 4.77. The van der Waals surface area contributed by atoms with Gasteiger partial charge < -0.3 is 0 Å². The Labute approximate surface area is 87.7 Å². The summed E-state index contributed by atoms with van der Waals surface area (Å²) in [5.41, 5.74) is 0.150. The van der Waals surface area contributed by atoms with Crippen LogP contribution < -0.4 is 9.44 Å². The van der Waals surface area contributed by atoms with Crippen LogP contribution in [0.25, 0.3) is 0 Å². The van der Waals surface area contributed by atoms with Crippen LogP contribution in [0.5, 0.6) is 0 Å². The lowest BCUT2D eigenvalue weighted by atomic mass is 10.4. The second-order valence-corrected chi connectivity index (χ2v) is 4.27. The summed E-state index contributed by atoms with van der Waals surface area (Å²) in [4.78, 5) is 0. The fourth-order valence-corrected chi connectivity index (χ4v) is 1.82. The molecule has 1 heterocycles. The van der Waals surface area contributed by atoms with Gasteiger partial charge in [0.15, 0.2) is 5.82 Å². The number of anilines is 1. The van der Waals surface area contributed by atoms with Crippen LogP contribution in [-0.4, -0.2) is 25.2 Å². The number of aromatic nitrogens is 2. The van der Waals surface area contributed by atoms with E-state index in [-0.39, 0.29) is 11.4 Å². The molecule has 0 aliphatic rings. The molecular weight excluding hydrogens is 218 g/mol. The first-order valence-corrected chi connectivity index (χ1v) is 5.78. The van der Waals surface area contributed by atoms with Crippen LogP contribution in [0.15, 0.2) is 6.20 Å². The van der Waals surface area contributed by atoms with E-state index in [1.807, 2.05) is 6.92 Å². The van der Waals surface area contributed by atoms with Crippen molar-refractivity contribution < 1.29 is 8.42 Å². The lowest BCUT2D eigenvalue weighted by Gasteiger charge is -2.06. The monoisotopic (exact) mass is 229 g/mol. The summed E-state index contributed by atoms with van der Waals surface area (Å²) >= 11 is 0. The Morgan fingerprint density at radius 2 is 2.40 bits per heavy atom. The van der Waals surface area contributed by atoms with Gasteiger partial charge in [-0.05, 0) is 6.42 Å². The first-order chi connectivity index (χ1) is 7.09. The minimum absolute atomic E-state index is 0.0705. The maximum absolute atomic E-state index is 11.3. The molecule has 7 nitrogen and oxygen atoms in total. The van der Waals surface area contributed by atoms with E-state index in [1.165, 1.54) is 6.20 Å². The third kappa shape index (κ3) is 3.23. The summed E-state index contributed by atoms with van der Waals surface area (Å²) < 4.78 is 27.2. The summed E-state index contributed by atoms with van der Waals surface area (Å²) in [6, 6.07) is 1.81. The Balaban J connectivity index is 2.74. The Hall–Kier alpha value is -1.59. The number of aromatic amines is 1. The van der Waals surface area contributed by atoms with Crippen LogP contribution in [0.1, 0.15) is 18.9 Å². The van der Waals surface area contributed by atoms with Crippen LogP contribution in [0.2, 0.25) is 0 Å². The lowest BCUT2D eigenvalue weighted by Crippen LogP contribution is -2.31. The second-order valence-electron chi connectivity index (χ2n) is 2.77. The van der Waals surface area contributed by atoms with E-state index < -0.39 is 10.2 Å². The number of hydrogen-bond donors (Lipinski definition) is 3. The summed E-state index contributed by atoms with van der Waals surface area (Å²) in [7, 11) is -3.62. The van der Waals surface area contributed by atoms with Crippen molar-refractivity contribution in [1.82, 2.24) is 14.9 Å². The number of H-pyrrole nitrogens is 1. The Kier molecular flexibility index (Phi) is 3.65. The molecule has 0 aromatic carbocycles. The molecule has 1 aromatic rings. The molecule has 0 aliphatic heterocycles. The van der Waals surface area contributed by atoms with Crippen LogP contribution in [0.3, 0.4) is 0 Å². The molecule has 1 rings (SSSR count). The van der Waals surface area contributed by atoms with Crippen LogP contribution in [0, 0.1) is 11.3 Å². The molecule has 0 amide bonds. The van der Waals surface area contributed by atoms with Crippen molar-refractivity contribution in [1.29, 1.82) is 5.26 Å². The lowest BCUT2D eigenvalue weighted by molar-refractivity contribution is 0.586. The average Bonchev–Trinajstić information content (AvgIpc) is 2.61. The van der Waals surface area contributed by atoms with E-state index in [2.05, 4.69) is 19.6 Å². The molecule has 0 saturated heterocycles. The predicted molar refractivity (Wildman–Crippen MR) is 54.1 cm³/mol. The number of rotatable bonds is 5. The third-order valence-corrected chi connectivity index (χ3v) is 2.60. The van der Waals surface area contributed by atoms with Crippen LogP contribution in [-0.2, 0) is 10.2 Å². The maximum atomic E-state index is 11.3. The average molecular weight is 229 g/mol. The molecule has 0 aliphatic carbocycles. The molecule has 0 saturated carbocycles. The van der Waals surface area contributed by atoms with Gasteiger partial charge in [-0.1, -0.05) is 6.92 Å². The molecule has 15 heavy (non-hydrogen) atoms. The molecule has 0 atom stereocenters. The van der Waals surface area contributed by atoms with Crippen molar-refractivity contribution in [3.8, 4) is 6.07 Å². The number of nitrogens with zero attached hydrogens (tertiary/aromatic N) is 2. The van der Waals surface area contributed by atoms with E-state index >= 15 is 0 Å². The summed E-state index contributed by atoms with van der Waals surface area (Å²) in [5.74, 6) is 0.0705. The van der Waals surface area contributed by atoms with E-state index in [0.717, 1.165) is 0 Å². The van der Waals surface area contributed by atoms with Crippen molar-refractivity contribution in [2.45, 2.75) is 13.3 Å². The fraction of sp³-hybridized carbons (Fsp3) is 0.429. The molecule has 0 unspecified atom stereocenters. The fourth-order valence-electron chi connectivity index (χ4n) is 0.856. The van der Waals surface area contributed by atoms with E-state index in [9.17, 15) is 8.42 Å². The summed E-state index contributed by atoms with van der Waals surface area (Å²) in [5, 5.41) is 14.6. The van der Waals surface area contributed by atoms with Crippen molar-refractivity contribution in [3.05, 3.63) is 11.8 Å². The number of nitrogens with one attached hydrogen (secondary N) is 3. The summed E-state index contributed by atoms with van der Waals surface area (Å²) in [6.45, 7) is 2.19. The van der Waals surface area contributed by atoms with Crippen LogP contribution >= 0.6 is 0 Å². The van der Waals surface area contributed by atoms with Gasteiger partial charge >= 0.3 is 0 Å². The highest BCUT2D eigenvalue weighted by molar-refractivity contribution is 7.90. The van der Waals surface area contributed by atoms with Gasteiger partial charge in [0, 0.05) is 6.54 Å². The highest BCUT2D eigenvalue weighted by atomic mass is 32.2. The number of hydrogen-bond acceptors (Lipinski definition) is 4. The topological polar surface area (TPSA) is 111 Å². The van der Waals surface area contributed by atoms with Gasteiger partial charge in [-0.3, -0.25) is 9.82 Å². The smallest absolute Gasteiger partial charge is 0.261 e. The van der Waals surface area contributed by atoms with Crippen molar-refractivity contribution in [2.24, 2.45) is 0 Å². The summed E-state index contributed by atoms with van der Waals surface area (Å²) in [6.07, 6.45) is 1.94. The molecule has 0 spiro atoms. The minimum atomic E-state index is -3.62. The Morgan fingerprint density at radius 3 is 3.00 bits per heavy atom. The zero-order valence-electron chi connectivity index (χ0n) is 8.11. The highest BCUT2D eigenvalue weighted by Crippen LogP contribution is 2.09. The van der Waals surface area contributed by atoms with Gasteiger partial charge in [-0.25, -0.2) is 0 Å². The molecule has 3 N–H and O–H groups in total. The minimum Gasteiger partial charge on any atom is -0.261 e. The van der Waals surface area contributed by atoms with Gasteiger partial charge in [0.05, 0.1) is 6.20 Å². The Bertz CT molecular complexity index is 458. The molecule has 0 radical (unpaired) electrons. The Morgan fingerprint density at radius 1 is 1.67 bits per heavy atom.